The highest BCUT2D eigenvalue weighted by Gasteiger charge is 2.07. The molecule has 0 aromatic heterocycles. The van der Waals surface area contributed by atoms with Gasteiger partial charge in [0.1, 0.15) is 0 Å². The van der Waals surface area contributed by atoms with Crippen molar-refractivity contribution in [2.24, 2.45) is 0 Å². The molecule has 3 heteroatoms. The van der Waals surface area contributed by atoms with Crippen LogP contribution in [0.25, 0.3) is 0 Å². The second-order valence-electron chi connectivity index (χ2n) is 7.49. The molecule has 3 nitrogen and oxygen atoms in total. The molecule has 162 valence electrons. The first-order valence-electron chi connectivity index (χ1n) is 10.8. The van der Waals surface area contributed by atoms with Crippen LogP contribution in [-0.2, 0) is 4.79 Å². The normalized spacial score (nSPS) is 22.1. The Morgan fingerprint density at radius 1 is 1.00 bits per heavy atom. The summed E-state index contributed by atoms with van der Waals surface area (Å²) in [4.78, 5) is 12.3. The lowest BCUT2D eigenvalue weighted by Gasteiger charge is -2.14. The van der Waals surface area contributed by atoms with E-state index in [1.54, 1.807) is 18.2 Å². The van der Waals surface area contributed by atoms with Crippen molar-refractivity contribution in [2.45, 2.75) is 65.0 Å². The van der Waals surface area contributed by atoms with E-state index in [0.29, 0.717) is 6.42 Å². The Bertz CT molecular complexity index is 745. The zero-order valence-corrected chi connectivity index (χ0v) is 18.6. The summed E-state index contributed by atoms with van der Waals surface area (Å²) in [5.74, 6) is -0.0896. The van der Waals surface area contributed by atoms with Gasteiger partial charge < -0.3 is 10.4 Å². The van der Waals surface area contributed by atoms with Crippen LogP contribution in [0.5, 0.6) is 0 Å². The van der Waals surface area contributed by atoms with Gasteiger partial charge in [-0.25, -0.2) is 0 Å². The minimum atomic E-state index is -0.516. The predicted molar refractivity (Wildman–Crippen MR) is 129 cm³/mol. The van der Waals surface area contributed by atoms with Crippen LogP contribution in [-0.4, -0.2) is 23.2 Å². The summed E-state index contributed by atoms with van der Waals surface area (Å²) >= 11 is 0. The highest BCUT2D eigenvalue weighted by molar-refractivity contribution is 5.88. The zero-order valence-electron chi connectivity index (χ0n) is 18.6. The first-order chi connectivity index (χ1) is 14.5. The second-order valence-corrected chi connectivity index (χ2v) is 7.49. The van der Waals surface area contributed by atoms with E-state index in [2.05, 4.69) is 30.5 Å². The summed E-state index contributed by atoms with van der Waals surface area (Å²) in [6.07, 6.45) is 31.0. The number of unbranched alkanes of at least 4 members (excludes halogenated alkanes) is 1. The summed E-state index contributed by atoms with van der Waals surface area (Å²) < 4.78 is 0. The fourth-order valence-corrected chi connectivity index (χ4v) is 2.73. The van der Waals surface area contributed by atoms with E-state index in [4.69, 9.17) is 0 Å². The number of rotatable bonds is 4. The number of amides is 1. The van der Waals surface area contributed by atoms with Crippen LogP contribution in [0.15, 0.2) is 96.2 Å². The van der Waals surface area contributed by atoms with E-state index < -0.39 is 6.10 Å². The Hall–Kier alpha value is -2.65. The number of allylic oxidation sites excluding steroid dienone is 11. The molecule has 1 amide bonds. The smallest absolute Gasteiger partial charge is 0.244 e. The van der Waals surface area contributed by atoms with Crippen LogP contribution < -0.4 is 5.32 Å². The molecule has 0 saturated carbocycles. The van der Waals surface area contributed by atoms with Crippen molar-refractivity contribution in [3.05, 3.63) is 96.2 Å². The first-order valence-corrected chi connectivity index (χ1v) is 10.8. The van der Waals surface area contributed by atoms with Gasteiger partial charge in [-0.15, -0.1) is 0 Å². The summed E-state index contributed by atoms with van der Waals surface area (Å²) in [7, 11) is 0. The molecule has 1 heterocycles. The molecule has 0 aromatic carbocycles. The molecule has 2 unspecified atom stereocenters. The molecule has 1 rings (SSSR count). The summed E-state index contributed by atoms with van der Waals surface area (Å²) in [5, 5.41) is 13.1. The molecular formula is C27H37NO2. The number of nitrogens with one attached hydrogen (secondary N) is 1. The number of carbonyl (C=O) groups excluding carboxylic acids is 1. The number of hydrogen-bond acceptors (Lipinski definition) is 2. The van der Waals surface area contributed by atoms with Gasteiger partial charge in [0.15, 0.2) is 0 Å². The van der Waals surface area contributed by atoms with Crippen molar-refractivity contribution < 1.29 is 9.90 Å². The average molecular weight is 408 g/mol. The van der Waals surface area contributed by atoms with E-state index in [9.17, 15) is 9.90 Å². The molecule has 0 aromatic rings. The quantitative estimate of drug-likeness (QED) is 0.558. The Morgan fingerprint density at radius 2 is 1.73 bits per heavy atom. The summed E-state index contributed by atoms with van der Waals surface area (Å²) in [6.45, 7) is 6.17. The second kappa shape index (κ2) is 16.2. The third kappa shape index (κ3) is 13.5. The highest BCUT2D eigenvalue weighted by atomic mass is 16.3. The number of hydrogen-bond donors (Lipinski definition) is 2. The van der Waals surface area contributed by atoms with Crippen LogP contribution >= 0.6 is 0 Å². The summed E-state index contributed by atoms with van der Waals surface area (Å²) in [5.41, 5.74) is 2.16. The Balaban J connectivity index is 2.94. The molecule has 0 aliphatic carbocycles. The van der Waals surface area contributed by atoms with Crippen molar-refractivity contribution in [3.8, 4) is 0 Å². The van der Waals surface area contributed by atoms with Gasteiger partial charge in [-0.1, -0.05) is 103 Å². The third-order valence-electron chi connectivity index (χ3n) is 4.51. The van der Waals surface area contributed by atoms with Crippen LogP contribution in [0.4, 0.5) is 0 Å². The minimum absolute atomic E-state index is 0.0661. The zero-order chi connectivity index (χ0) is 22.0. The van der Waals surface area contributed by atoms with Crippen molar-refractivity contribution >= 4 is 5.91 Å². The maximum Gasteiger partial charge on any atom is 0.244 e. The lowest BCUT2D eigenvalue weighted by Crippen LogP contribution is -2.32. The molecule has 1 aliphatic heterocycles. The van der Waals surface area contributed by atoms with Gasteiger partial charge in [-0.3, -0.25) is 4.79 Å². The fraction of sp³-hybridized carbons (Fsp3) is 0.370. The molecule has 2 atom stereocenters. The molecule has 0 saturated heterocycles. The SMILES string of the molecule is CCC/C=C/CC1CC=CC=C(C)C=CC=CC(O)CC=C(C)C=CC=CC(=O)N1. The van der Waals surface area contributed by atoms with Crippen molar-refractivity contribution in [1.29, 1.82) is 0 Å². The maximum absolute atomic E-state index is 12.3. The Labute approximate surface area is 182 Å². The highest BCUT2D eigenvalue weighted by Crippen LogP contribution is 2.06. The number of aliphatic hydroxyl groups excluding tert-OH is 1. The largest absolute Gasteiger partial charge is 0.389 e. The molecule has 0 spiro atoms. The fourth-order valence-electron chi connectivity index (χ4n) is 2.73. The molecule has 2 N–H and O–H groups in total. The van der Waals surface area contributed by atoms with Crippen molar-refractivity contribution in [2.75, 3.05) is 0 Å². The molecule has 0 radical (unpaired) electrons. The number of carbonyl (C=O) groups is 1. The molecule has 0 fully saturated rings. The van der Waals surface area contributed by atoms with Gasteiger partial charge in [0.05, 0.1) is 6.10 Å². The van der Waals surface area contributed by atoms with E-state index in [0.717, 1.165) is 36.8 Å². The standard InChI is InChI=1S/C27H37NO2/c1-4-5-6-7-17-25-18-11-8-14-23(2)15-9-12-19-26(29)22-21-24(3)16-10-13-20-27(30)28-25/h6-16,19-21,25-26,29H,4-5,17-18,22H2,1-3H3,(H,28,30)/b7-6+,11-8?,15-9?,16-10?,19-12?,20-13?,23-14?,24-21?. The van der Waals surface area contributed by atoms with Crippen LogP contribution in [0.2, 0.25) is 0 Å². The first kappa shape index (κ1) is 25.4. The van der Waals surface area contributed by atoms with E-state index in [-0.39, 0.29) is 11.9 Å². The van der Waals surface area contributed by atoms with E-state index in [1.807, 2.05) is 62.5 Å². The van der Waals surface area contributed by atoms with Gasteiger partial charge in [-0.2, -0.15) is 0 Å². The molecular weight excluding hydrogens is 370 g/mol. The van der Waals surface area contributed by atoms with E-state index in [1.165, 1.54) is 0 Å². The van der Waals surface area contributed by atoms with Crippen molar-refractivity contribution in [3.63, 3.8) is 0 Å². The van der Waals surface area contributed by atoms with Crippen LogP contribution in [0, 0.1) is 0 Å². The van der Waals surface area contributed by atoms with Gasteiger partial charge in [0.25, 0.3) is 0 Å². The monoisotopic (exact) mass is 407 g/mol. The molecule has 30 heavy (non-hydrogen) atoms. The van der Waals surface area contributed by atoms with Gasteiger partial charge in [-0.05, 0) is 39.5 Å². The topological polar surface area (TPSA) is 49.3 Å². The minimum Gasteiger partial charge on any atom is -0.389 e. The Kier molecular flexibility index (Phi) is 13.7. The lowest BCUT2D eigenvalue weighted by molar-refractivity contribution is -0.117. The van der Waals surface area contributed by atoms with Crippen LogP contribution in [0.1, 0.15) is 52.9 Å². The summed E-state index contributed by atoms with van der Waals surface area (Å²) in [6, 6.07) is 0.0661. The third-order valence-corrected chi connectivity index (χ3v) is 4.51. The van der Waals surface area contributed by atoms with E-state index >= 15 is 0 Å². The van der Waals surface area contributed by atoms with Gasteiger partial charge in [0, 0.05) is 12.1 Å². The van der Waals surface area contributed by atoms with Crippen LogP contribution in [0.3, 0.4) is 0 Å². The predicted octanol–water partition coefficient (Wildman–Crippen LogP) is 6.05. The lowest BCUT2D eigenvalue weighted by atomic mass is 10.1. The number of aliphatic hydroxyl groups is 1. The molecule has 1 aliphatic rings. The Morgan fingerprint density at radius 3 is 2.53 bits per heavy atom. The maximum atomic E-state index is 12.3. The van der Waals surface area contributed by atoms with Crippen molar-refractivity contribution in [1.82, 2.24) is 5.32 Å². The van der Waals surface area contributed by atoms with Gasteiger partial charge in [0.2, 0.25) is 5.91 Å². The average Bonchev–Trinajstić information content (AvgIpc) is 2.72. The molecule has 0 bridgehead atoms. The van der Waals surface area contributed by atoms with Gasteiger partial charge >= 0.3 is 0 Å².